The van der Waals surface area contributed by atoms with Crippen LogP contribution in [-0.4, -0.2) is 11.7 Å². The highest BCUT2D eigenvalue weighted by Gasteiger charge is 2.06. The first-order valence-corrected chi connectivity index (χ1v) is 6.86. The molecule has 0 aliphatic heterocycles. The van der Waals surface area contributed by atoms with E-state index in [1.165, 1.54) is 24.8 Å². The molecule has 0 bridgehead atoms. The van der Waals surface area contributed by atoms with Crippen LogP contribution in [0.5, 0.6) is 0 Å². The van der Waals surface area contributed by atoms with E-state index in [1.807, 2.05) is 12.1 Å². The van der Waals surface area contributed by atoms with Gasteiger partial charge in [-0.15, -0.1) is 5.10 Å². The van der Waals surface area contributed by atoms with Crippen LogP contribution in [0.1, 0.15) is 50.2 Å². The molecule has 4 heteroatoms. The van der Waals surface area contributed by atoms with Gasteiger partial charge in [-0.3, -0.25) is 0 Å². The molecule has 0 heterocycles. The molecule has 4 N–H and O–H groups in total. The Morgan fingerprint density at radius 1 is 1.05 bits per heavy atom. The highest BCUT2D eigenvalue weighted by molar-refractivity contribution is 6.02. The number of unbranched alkanes of at least 4 members (excludes halogenated alkanes) is 3. The predicted molar refractivity (Wildman–Crippen MR) is 82.3 cm³/mol. The van der Waals surface area contributed by atoms with Gasteiger partial charge in [-0.1, -0.05) is 50.5 Å². The van der Waals surface area contributed by atoms with Gasteiger partial charge in [0.1, 0.15) is 0 Å². The Balaban J connectivity index is 2.84. The van der Waals surface area contributed by atoms with Crippen molar-refractivity contribution in [3.8, 4) is 0 Å². The SMILES string of the molecule is CCCCCCC(=NN=C(N)N)c1ccccc1C. The Bertz CT molecular complexity index is 445. The Hall–Kier alpha value is -1.84. The number of hydrogen-bond donors (Lipinski definition) is 2. The van der Waals surface area contributed by atoms with E-state index in [4.69, 9.17) is 11.5 Å². The predicted octanol–water partition coefficient (Wildman–Crippen LogP) is 2.94. The van der Waals surface area contributed by atoms with Crippen LogP contribution < -0.4 is 11.5 Å². The molecular weight excluding hydrogens is 236 g/mol. The monoisotopic (exact) mass is 260 g/mol. The van der Waals surface area contributed by atoms with Crippen molar-refractivity contribution in [3.05, 3.63) is 35.4 Å². The zero-order valence-corrected chi connectivity index (χ0v) is 11.9. The lowest BCUT2D eigenvalue weighted by molar-refractivity contribution is 0.682. The third kappa shape index (κ3) is 5.55. The molecule has 1 aromatic rings. The van der Waals surface area contributed by atoms with E-state index in [9.17, 15) is 0 Å². The first-order chi connectivity index (χ1) is 9.15. The van der Waals surface area contributed by atoms with Crippen molar-refractivity contribution >= 4 is 11.7 Å². The number of aryl methyl sites for hydroxylation is 1. The maximum absolute atomic E-state index is 5.35. The maximum Gasteiger partial charge on any atom is 0.211 e. The third-order valence-electron chi connectivity index (χ3n) is 3.01. The van der Waals surface area contributed by atoms with E-state index in [1.54, 1.807) is 0 Å². The summed E-state index contributed by atoms with van der Waals surface area (Å²) >= 11 is 0. The molecule has 4 nitrogen and oxygen atoms in total. The quantitative estimate of drug-likeness (QED) is 0.342. The summed E-state index contributed by atoms with van der Waals surface area (Å²) in [6, 6.07) is 8.18. The minimum atomic E-state index is -0.000331. The number of guanidine groups is 1. The van der Waals surface area contributed by atoms with Gasteiger partial charge >= 0.3 is 0 Å². The molecule has 0 fully saturated rings. The molecule has 0 aromatic heterocycles. The summed E-state index contributed by atoms with van der Waals surface area (Å²) in [4.78, 5) is 0. The summed E-state index contributed by atoms with van der Waals surface area (Å²) < 4.78 is 0. The second-order valence-corrected chi connectivity index (χ2v) is 4.70. The Labute approximate surface area is 115 Å². The van der Waals surface area contributed by atoms with E-state index in [-0.39, 0.29) is 5.96 Å². The molecular formula is C15H24N4. The molecule has 0 spiro atoms. The Morgan fingerprint density at radius 2 is 1.79 bits per heavy atom. The lowest BCUT2D eigenvalue weighted by Crippen LogP contribution is -2.22. The maximum atomic E-state index is 5.35. The van der Waals surface area contributed by atoms with Crippen LogP contribution in [0, 0.1) is 6.92 Å². The van der Waals surface area contributed by atoms with Crippen LogP contribution in [0.15, 0.2) is 34.5 Å². The molecule has 1 aromatic carbocycles. The summed E-state index contributed by atoms with van der Waals surface area (Å²) in [5.74, 6) is -0.000331. The average Bonchev–Trinajstić information content (AvgIpc) is 2.39. The zero-order valence-electron chi connectivity index (χ0n) is 11.9. The minimum Gasteiger partial charge on any atom is -0.369 e. The van der Waals surface area contributed by atoms with Crippen molar-refractivity contribution in [2.45, 2.75) is 46.0 Å². The molecule has 0 radical (unpaired) electrons. The molecule has 0 saturated carbocycles. The fourth-order valence-electron chi connectivity index (χ4n) is 1.97. The van der Waals surface area contributed by atoms with Gasteiger partial charge in [0.15, 0.2) is 0 Å². The van der Waals surface area contributed by atoms with Crippen LogP contribution >= 0.6 is 0 Å². The van der Waals surface area contributed by atoms with Crippen LogP contribution in [0.4, 0.5) is 0 Å². The molecule has 0 aliphatic rings. The number of benzene rings is 1. The first-order valence-electron chi connectivity index (χ1n) is 6.86. The summed E-state index contributed by atoms with van der Waals surface area (Å²) in [6.07, 6.45) is 5.71. The standard InChI is InChI=1S/C15H24N4/c1-3-4-5-6-11-14(18-19-15(16)17)13-10-8-7-9-12(13)2/h7-10H,3-6,11H2,1-2H3,(H4,16,17,19). The van der Waals surface area contributed by atoms with Crippen LogP contribution in [0.25, 0.3) is 0 Å². The highest BCUT2D eigenvalue weighted by Crippen LogP contribution is 2.14. The third-order valence-corrected chi connectivity index (χ3v) is 3.01. The fraction of sp³-hybridized carbons (Fsp3) is 0.467. The summed E-state index contributed by atoms with van der Waals surface area (Å²) in [5.41, 5.74) is 14.0. The lowest BCUT2D eigenvalue weighted by atomic mass is 9.99. The molecule has 0 amide bonds. The molecule has 0 saturated heterocycles. The van der Waals surface area contributed by atoms with Gasteiger partial charge < -0.3 is 11.5 Å². The van der Waals surface area contributed by atoms with Crippen molar-refractivity contribution in [1.29, 1.82) is 0 Å². The van der Waals surface area contributed by atoms with Crippen molar-refractivity contribution in [2.24, 2.45) is 21.7 Å². The van der Waals surface area contributed by atoms with Crippen LogP contribution in [0.3, 0.4) is 0 Å². The highest BCUT2D eigenvalue weighted by atomic mass is 15.3. The van der Waals surface area contributed by atoms with E-state index in [0.29, 0.717) is 0 Å². The van der Waals surface area contributed by atoms with Crippen molar-refractivity contribution in [2.75, 3.05) is 0 Å². The topological polar surface area (TPSA) is 76.8 Å². The Morgan fingerprint density at radius 3 is 2.42 bits per heavy atom. The van der Waals surface area contributed by atoms with Crippen molar-refractivity contribution < 1.29 is 0 Å². The van der Waals surface area contributed by atoms with Crippen molar-refractivity contribution in [1.82, 2.24) is 0 Å². The molecule has 104 valence electrons. The van der Waals surface area contributed by atoms with Gasteiger partial charge in [0.05, 0.1) is 5.71 Å². The van der Waals surface area contributed by atoms with E-state index in [0.717, 1.165) is 24.1 Å². The minimum absolute atomic E-state index is 0.000331. The second-order valence-electron chi connectivity index (χ2n) is 4.70. The lowest BCUT2D eigenvalue weighted by Gasteiger charge is -2.08. The zero-order chi connectivity index (χ0) is 14.1. The molecule has 0 atom stereocenters. The molecule has 19 heavy (non-hydrogen) atoms. The van der Waals surface area contributed by atoms with Gasteiger partial charge in [0, 0.05) is 5.56 Å². The van der Waals surface area contributed by atoms with E-state index in [2.05, 4.69) is 36.2 Å². The molecule has 0 unspecified atom stereocenters. The summed E-state index contributed by atoms with van der Waals surface area (Å²) in [5, 5.41) is 8.01. The van der Waals surface area contributed by atoms with Gasteiger partial charge in [0.2, 0.25) is 5.96 Å². The largest absolute Gasteiger partial charge is 0.369 e. The average molecular weight is 260 g/mol. The molecule has 0 aliphatic carbocycles. The van der Waals surface area contributed by atoms with Crippen molar-refractivity contribution in [3.63, 3.8) is 0 Å². The van der Waals surface area contributed by atoms with E-state index < -0.39 is 0 Å². The fourth-order valence-corrected chi connectivity index (χ4v) is 1.97. The number of hydrogen-bond acceptors (Lipinski definition) is 2. The summed E-state index contributed by atoms with van der Waals surface area (Å²) in [6.45, 7) is 4.28. The smallest absolute Gasteiger partial charge is 0.211 e. The van der Waals surface area contributed by atoms with Gasteiger partial charge in [-0.05, 0) is 25.3 Å². The van der Waals surface area contributed by atoms with E-state index >= 15 is 0 Å². The second kappa shape index (κ2) is 8.29. The van der Waals surface area contributed by atoms with Crippen LogP contribution in [-0.2, 0) is 0 Å². The van der Waals surface area contributed by atoms with Gasteiger partial charge in [-0.25, -0.2) is 0 Å². The molecule has 1 rings (SSSR count). The normalized spacial score (nSPS) is 11.4. The van der Waals surface area contributed by atoms with Gasteiger partial charge in [0.25, 0.3) is 0 Å². The number of rotatable bonds is 7. The van der Waals surface area contributed by atoms with Crippen LogP contribution in [0.2, 0.25) is 0 Å². The first kappa shape index (κ1) is 15.2. The number of nitrogens with zero attached hydrogens (tertiary/aromatic N) is 2. The Kier molecular flexibility index (Phi) is 6.64. The number of nitrogens with two attached hydrogens (primary N) is 2. The summed E-state index contributed by atoms with van der Waals surface area (Å²) in [7, 11) is 0. The van der Waals surface area contributed by atoms with Gasteiger partial charge in [-0.2, -0.15) is 5.10 Å².